The van der Waals surface area contributed by atoms with Crippen molar-refractivity contribution >= 4 is 17.3 Å². The van der Waals surface area contributed by atoms with Crippen LogP contribution in [0.4, 0.5) is 10.1 Å². The van der Waals surface area contributed by atoms with E-state index in [1.807, 2.05) is 0 Å². The van der Waals surface area contributed by atoms with Gasteiger partial charge in [0.05, 0.1) is 20.0 Å². The smallest absolute Gasteiger partial charge is 0.278 e. The number of halogens is 2. The predicted molar refractivity (Wildman–Crippen MR) is 70.0 cm³/mol. The second-order valence-corrected chi connectivity index (χ2v) is 4.20. The minimum absolute atomic E-state index is 0.0169. The summed E-state index contributed by atoms with van der Waals surface area (Å²) in [6, 6.07) is 4.38. The van der Waals surface area contributed by atoms with Gasteiger partial charge in [-0.3, -0.25) is 9.36 Å². The molecule has 1 aromatic carbocycles. The number of ether oxygens (including phenoxy) is 1. The summed E-state index contributed by atoms with van der Waals surface area (Å²) in [6.45, 7) is 0.0169. The lowest BCUT2D eigenvalue weighted by Gasteiger charge is -2.08. The number of nitrogen functional groups attached to an aromatic ring is 1. The molecule has 0 saturated carbocycles. The number of anilines is 1. The first-order valence-electron chi connectivity index (χ1n) is 5.35. The average Bonchev–Trinajstić information content (AvgIpc) is 2.41. The summed E-state index contributed by atoms with van der Waals surface area (Å²) in [5.74, 6) is -0.0675. The maximum absolute atomic E-state index is 13.8. The van der Waals surface area contributed by atoms with Crippen molar-refractivity contribution in [3.63, 3.8) is 0 Å². The summed E-state index contributed by atoms with van der Waals surface area (Å²) < 4.78 is 19.8. The molecule has 0 unspecified atom stereocenters. The van der Waals surface area contributed by atoms with E-state index in [1.165, 1.54) is 30.1 Å². The van der Waals surface area contributed by atoms with Crippen molar-refractivity contribution < 1.29 is 9.13 Å². The third-order valence-corrected chi connectivity index (χ3v) is 2.93. The van der Waals surface area contributed by atoms with Gasteiger partial charge in [-0.2, -0.15) is 0 Å². The van der Waals surface area contributed by atoms with Gasteiger partial charge >= 0.3 is 0 Å². The van der Waals surface area contributed by atoms with Crippen molar-refractivity contribution in [2.45, 2.75) is 6.54 Å². The van der Waals surface area contributed by atoms with Gasteiger partial charge in [-0.05, 0) is 6.07 Å². The molecule has 2 N–H and O–H groups in total. The number of hydrogen-bond acceptors (Lipinski definition) is 4. The van der Waals surface area contributed by atoms with Crippen LogP contribution in [0.5, 0.6) is 5.75 Å². The van der Waals surface area contributed by atoms with E-state index in [4.69, 9.17) is 22.1 Å². The first-order chi connectivity index (χ1) is 9.02. The minimum atomic E-state index is -0.504. The number of methoxy groups -OCH3 is 1. The van der Waals surface area contributed by atoms with Gasteiger partial charge in [0.1, 0.15) is 17.3 Å². The van der Waals surface area contributed by atoms with E-state index in [0.717, 1.165) is 0 Å². The van der Waals surface area contributed by atoms with Gasteiger partial charge in [0.2, 0.25) is 0 Å². The Kier molecular flexibility index (Phi) is 3.71. The molecule has 0 aliphatic carbocycles. The van der Waals surface area contributed by atoms with E-state index in [0.29, 0.717) is 11.3 Å². The number of nitrogens with two attached hydrogens (primary N) is 1. The number of rotatable bonds is 3. The van der Waals surface area contributed by atoms with Crippen molar-refractivity contribution in [3.05, 3.63) is 51.4 Å². The maximum Gasteiger partial charge on any atom is 0.278 e. The molecule has 2 rings (SSSR count). The molecule has 0 fully saturated rings. The van der Waals surface area contributed by atoms with Gasteiger partial charge in [-0.25, -0.2) is 9.37 Å². The SMILES string of the molecule is COc1ccc(Cn2cnc(Cl)c(N)c2=O)c(F)c1. The summed E-state index contributed by atoms with van der Waals surface area (Å²) in [5.41, 5.74) is 5.14. The molecule has 0 aliphatic rings. The zero-order valence-electron chi connectivity index (χ0n) is 10.1. The van der Waals surface area contributed by atoms with E-state index in [9.17, 15) is 9.18 Å². The second kappa shape index (κ2) is 5.27. The van der Waals surface area contributed by atoms with E-state index < -0.39 is 11.4 Å². The van der Waals surface area contributed by atoms with Crippen LogP contribution in [-0.2, 0) is 6.54 Å². The molecular weight excluding hydrogens is 273 g/mol. The summed E-state index contributed by atoms with van der Waals surface area (Å²) in [7, 11) is 1.45. The van der Waals surface area contributed by atoms with Crippen molar-refractivity contribution in [2.24, 2.45) is 0 Å². The fraction of sp³-hybridized carbons (Fsp3) is 0.167. The molecule has 2 aromatic rings. The van der Waals surface area contributed by atoms with Crippen LogP contribution in [-0.4, -0.2) is 16.7 Å². The minimum Gasteiger partial charge on any atom is -0.497 e. The fourth-order valence-corrected chi connectivity index (χ4v) is 1.69. The Bertz CT molecular complexity index is 673. The zero-order valence-corrected chi connectivity index (χ0v) is 10.8. The number of hydrogen-bond donors (Lipinski definition) is 1. The molecule has 0 spiro atoms. The Balaban J connectivity index is 2.37. The van der Waals surface area contributed by atoms with Gasteiger partial charge in [-0.15, -0.1) is 0 Å². The molecule has 0 bridgehead atoms. The van der Waals surface area contributed by atoms with Crippen molar-refractivity contribution in [1.29, 1.82) is 0 Å². The molecule has 0 saturated heterocycles. The van der Waals surface area contributed by atoms with Gasteiger partial charge < -0.3 is 10.5 Å². The van der Waals surface area contributed by atoms with Crippen LogP contribution >= 0.6 is 11.6 Å². The molecule has 100 valence electrons. The quantitative estimate of drug-likeness (QED) is 0.870. The highest BCUT2D eigenvalue weighted by Gasteiger charge is 2.09. The highest BCUT2D eigenvalue weighted by Crippen LogP contribution is 2.17. The van der Waals surface area contributed by atoms with Crippen LogP contribution in [0, 0.1) is 5.82 Å². The number of nitrogens with zero attached hydrogens (tertiary/aromatic N) is 2. The third-order valence-electron chi connectivity index (χ3n) is 2.62. The van der Waals surface area contributed by atoms with Crippen molar-refractivity contribution in [2.75, 3.05) is 12.8 Å². The molecule has 0 atom stereocenters. The van der Waals surface area contributed by atoms with Crippen molar-refractivity contribution in [3.8, 4) is 5.75 Å². The molecule has 0 radical (unpaired) electrons. The highest BCUT2D eigenvalue weighted by atomic mass is 35.5. The largest absolute Gasteiger partial charge is 0.497 e. The molecule has 1 aromatic heterocycles. The van der Waals surface area contributed by atoms with Gasteiger partial charge in [0.25, 0.3) is 5.56 Å². The summed E-state index contributed by atoms with van der Waals surface area (Å²) in [6.07, 6.45) is 1.23. The van der Waals surface area contributed by atoms with Crippen LogP contribution in [0.3, 0.4) is 0 Å². The van der Waals surface area contributed by atoms with Gasteiger partial charge in [0, 0.05) is 11.6 Å². The highest BCUT2D eigenvalue weighted by molar-refractivity contribution is 6.31. The van der Waals surface area contributed by atoms with Gasteiger partial charge in [-0.1, -0.05) is 17.7 Å². The standard InChI is InChI=1S/C12H11ClFN3O2/c1-19-8-3-2-7(9(14)4-8)5-17-6-16-11(13)10(15)12(17)18/h2-4,6H,5,15H2,1H3. The summed E-state index contributed by atoms with van der Waals surface area (Å²) >= 11 is 5.62. The van der Waals surface area contributed by atoms with E-state index >= 15 is 0 Å². The second-order valence-electron chi connectivity index (χ2n) is 3.84. The summed E-state index contributed by atoms with van der Waals surface area (Å²) in [5, 5.41) is -0.0588. The van der Waals surface area contributed by atoms with E-state index in [1.54, 1.807) is 6.07 Å². The molecule has 19 heavy (non-hydrogen) atoms. The first-order valence-corrected chi connectivity index (χ1v) is 5.73. The Morgan fingerprint density at radius 2 is 2.26 bits per heavy atom. The Morgan fingerprint density at radius 1 is 1.53 bits per heavy atom. The van der Waals surface area contributed by atoms with Gasteiger partial charge in [0.15, 0.2) is 5.15 Å². The maximum atomic E-state index is 13.8. The molecule has 0 aliphatic heterocycles. The average molecular weight is 284 g/mol. The molecular formula is C12H11ClFN3O2. The predicted octanol–water partition coefficient (Wildman–Crippen LogP) is 1.67. The monoisotopic (exact) mass is 283 g/mol. The third kappa shape index (κ3) is 2.68. The van der Waals surface area contributed by atoms with Crippen LogP contribution in [0.1, 0.15) is 5.56 Å². The molecule has 0 amide bonds. The normalized spacial score (nSPS) is 10.5. The van der Waals surface area contributed by atoms with Crippen LogP contribution < -0.4 is 16.0 Å². The van der Waals surface area contributed by atoms with Crippen LogP contribution in [0.2, 0.25) is 5.15 Å². The van der Waals surface area contributed by atoms with E-state index in [2.05, 4.69) is 4.98 Å². The molecule has 1 heterocycles. The lowest BCUT2D eigenvalue weighted by molar-refractivity contribution is 0.410. The van der Waals surface area contributed by atoms with Crippen LogP contribution in [0.25, 0.3) is 0 Å². The first kappa shape index (κ1) is 13.4. The Morgan fingerprint density at radius 3 is 2.89 bits per heavy atom. The zero-order chi connectivity index (χ0) is 14.0. The number of benzene rings is 1. The Hall–Kier alpha value is -2.08. The summed E-state index contributed by atoms with van der Waals surface area (Å²) in [4.78, 5) is 15.6. The number of aromatic nitrogens is 2. The topological polar surface area (TPSA) is 70.1 Å². The lowest BCUT2D eigenvalue weighted by atomic mass is 10.2. The molecule has 5 nitrogen and oxygen atoms in total. The van der Waals surface area contributed by atoms with Crippen LogP contribution in [0.15, 0.2) is 29.3 Å². The lowest BCUT2D eigenvalue weighted by Crippen LogP contribution is -2.24. The van der Waals surface area contributed by atoms with Crippen molar-refractivity contribution in [1.82, 2.24) is 9.55 Å². The fourth-order valence-electron chi connectivity index (χ4n) is 1.56. The Labute approximate surface area is 113 Å². The van der Waals surface area contributed by atoms with E-state index in [-0.39, 0.29) is 17.4 Å². The molecule has 7 heteroatoms.